The molecule has 0 aliphatic carbocycles. The standard InChI is InChI=1S/C18H19F3N4O2/c1-11-7-8-25(17(26)24-14-9-15(27-2)23-10-22-14)16(11)12-3-5-13(6-4-12)18(19,20)21/h3-6,9-11,16H,7-8H2,1-2H3,(H,22,23,24,26). The fourth-order valence-corrected chi connectivity index (χ4v) is 3.25. The number of methoxy groups -OCH3 is 1. The topological polar surface area (TPSA) is 67.3 Å². The van der Waals surface area contributed by atoms with Crippen LogP contribution in [0.4, 0.5) is 23.8 Å². The highest BCUT2D eigenvalue weighted by molar-refractivity contribution is 5.89. The van der Waals surface area contributed by atoms with Gasteiger partial charge in [0, 0.05) is 12.6 Å². The molecular formula is C18H19F3N4O2. The lowest BCUT2D eigenvalue weighted by atomic mass is 9.94. The summed E-state index contributed by atoms with van der Waals surface area (Å²) in [5.74, 6) is 0.722. The van der Waals surface area contributed by atoms with Gasteiger partial charge in [-0.25, -0.2) is 14.8 Å². The molecule has 2 unspecified atom stereocenters. The van der Waals surface area contributed by atoms with E-state index >= 15 is 0 Å². The van der Waals surface area contributed by atoms with Crippen LogP contribution in [-0.2, 0) is 6.18 Å². The van der Waals surface area contributed by atoms with E-state index in [0.717, 1.165) is 18.6 Å². The molecule has 1 saturated heterocycles. The first-order chi connectivity index (χ1) is 12.8. The summed E-state index contributed by atoms with van der Waals surface area (Å²) in [7, 11) is 1.46. The van der Waals surface area contributed by atoms with Crippen LogP contribution in [0.2, 0.25) is 0 Å². The Labute approximate surface area is 154 Å². The summed E-state index contributed by atoms with van der Waals surface area (Å²) in [5, 5.41) is 2.69. The number of nitrogens with one attached hydrogen (secondary N) is 1. The highest BCUT2D eigenvalue weighted by atomic mass is 19.4. The maximum atomic E-state index is 12.8. The zero-order valence-corrected chi connectivity index (χ0v) is 14.8. The Balaban J connectivity index is 1.79. The second-order valence-corrected chi connectivity index (χ2v) is 6.40. The van der Waals surface area contributed by atoms with E-state index in [1.165, 1.54) is 31.6 Å². The van der Waals surface area contributed by atoms with Gasteiger partial charge in [-0.3, -0.25) is 5.32 Å². The number of nitrogens with zero attached hydrogens (tertiary/aromatic N) is 3. The molecule has 0 spiro atoms. The molecule has 27 heavy (non-hydrogen) atoms. The molecule has 2 aromatic rings. The summed E-state index contributed by atoms with van der Waals surface area (Å²) in [6.45, 7) is 2.48. The average molecular weight is 380 g/mol. The van der Waals surface area contributed by atoms with E-state index in [1.54, 1.807) is 4.90 Å². The van der Waals surface area contributed by atoms with Gasteiger partial charge in [0.15, 0.2) is 0 Å². The van der Waals surface area contributed by atoms with E-state index in [9.17, 15) is 18.0 Å². The minimum Gasteiger partial charge on any atom is -0.481 e. The van der Waals surface area contributed by atoms with Crippen LogP contribution in [0.5, 0.6) is 5.88 Å². The Hall–Kier alpha value is -2.84. The summed E-state index contributed by atoms with van der Waals surface area (Å²) >= 11 is 0. The molecular weight excluding hydrogens is 361 g/mol. The molecule has 2 amide bonds. The zero-order valence-electron chi connectivity index (χ0n) is 14.8. The Morgan fingerprint density at radius 2 is 1.96 bits per heavy atom. The van der Waals surface area contributed by atoms with Gasteiger partial charge >= 0.3 is 12.2 Å². The SMILES string of the molecule is COc1cc(NC(=O)N2CCC(C)C2c2ccc(C(F)(F)F)cc2)ncn1. The van der Waals surface area contributed by atoms with Crippen LogP contribution in [0.1, 0.15) is 30.5 Å². The van der Waals surface area contributed by atoms with Crippen molar-refractivity contribution in [3.63, 3.8) is 0 Å². The number of alkyl halides is 3. The van der Waals surface area contributed by atoms with Crippen molar-refractivity contribution in [2.24, 2.45) is 5.92 Å². The van der Waals surface area contributed by atoms with Crippen molar-refractivity contribution < 1.29 is 22.7 Å². The van der Waals surface area contributed by atoms with Crippen molar-refractivity contribution in [3.8, 4) is 5.88 Å². The van der Waals surface area contributed by atoms with E-state index in [4.69, 9.17) is 4.74 Å². The first-order valence-electron chi connectivity index (χ1n) is 8.40. The second-order valence-electron chi connectivity index (χ2n) is 6.40. The summed E-state index contributed by atoms with van der Waals surface area (Å²) < 4.78 is 43.4. The number of anilines is 1. The average Bonchev–Trinajstić information content (AvgIpc) is 3.03. The van der Waals surface area contributed by atoms with Crippen LogP contribution < -0.4 is 10.1 Å². The molecule has 0 bridgehead atoms. The normalized spacial score (nSPS) is 19.8. The lowest BCUT2D eigenvalue weighted by molar-refractivity contribution is -0.137. The number of carbonyl (C=O) groups excluding carboxylic acids is 1. The first kappa shape index (κ1) is 18.9. The second kappa shape index (κ2) is 7.42. The van der Waals surface area contributed by atoms with Crippen LogP contribution in [0.25, 0.3) is 0 Å². The monoisotopic (exact) mass is 380 g/mol. The van der Waals surface area contributed by atoms with E-state index in [2.05, 4.69) is 15.3 Å². The van der Waals surface area contributed by atoms with E-state index in [0.29, 0.717) is 18.0 Å². The molecule has 1 N–H and O–H groups in total. The molecule has 9 heteroatoms. The lowest BCUT2D eigenvalue weighted by Gasteiger charge is -2.27. The number of amides is 2. The van der Waals surface area contributed by atoms with Crippen molar-refractivity contribution in [1.29, 1.82) is 0 Å². The molecule has 6 nitrogen and oxygen atoms in total. The Morgan fingerprint density at radius 1 is 1.26 bits per heavy atom. The van der Waals surface area contributed by atoms with Crippen molar-refractivity contribution >= 4 is 11.8 Å². The Kier molecular flexibility index (Phi) is 5.20. The number of urea groups is 1. The third kappa shape index (κ3) is 4.12. The van der Waals surface area contributed by atoms with Gasteiger partial charge in [0.2, 0.25) is 5.88 Å². The number of hydrogen-bond acceptors (Lipinski definition) is 4. The molecule has 1 aromatic heterocycles. The first-order valence-corrected chi connectivity index (χ1v) is 8.40. The molecule has 144 valence electrons. The molecule has 0 radical (unpaired) electrons. The molecule has 1 aliphatic rings. The van der Waals surface area contributed by atoms with Gasteiger partial charge in [-0.05, 0) is 30.0 Å². The minimum atomic E-state index is -4.39. The number of ether oxygens (including phenoxy) is 1. The maximum absolute atomic E-state index is 12.8. The Morgan fingerprint density at radius 3 is 2.59 bits per heavy atom. The van der Waals surface area contributed by atoms with Gasteiger partial charge in [0.25, 0.3) is 0 Å². The highest BCUT2D eigenvalue weighted by Gasteiger charge is 2.36. The zero-order chi connectivity index (χ0) is 19.6. The van der Waals surface area contributed by atoms with Crippen LogP contribution in [0.15, 0.2) is 36.7 Å². The molecule has 1 aliphatic heterocycles. The van der Waals surface area contributed by atoms with Crippen LogP contribution in [0, 0.1) is 5.92 Å². The van der Waals surface area contributed by atoms with Gasteiger partial charge in [0.05, 0.1) is 18.7 Å². The van der Waals surface area contributed by atoms with Gasteiger partial charge < -0.3 is 9.64 Å². The summed E-state index contributed by atoms with van der Waals surface area (Å²) in [4.78, 5) is 22.2. The van der Waals surface area contributed by atoms with E-state index in [1.807, 2.05) is 6.92 Å². The summed E-state index contributed by atoms with van der Waals surface area (Å²) in [6, 6.07) is 5.77. The van der Waals surface area contributed by atoms with Crippen molar-refractivity contribution in [2.45, 2.75) is 25.6 Å². The van der Waals surface area contributed by atoms with Crippen LogP contribution >= 0.6 is 0 Å². The molecule has 2 heterocycles. The predicted molar refractivity (Wildman–Crippen MR) is 92.3 cm³/mol. The largest absolute Gasteiger partial charge is 0.481 e. The smallest absolute Gasteiger partial charge is 0.416 e. The van der Waals surface area contributed by atoms with Gasteiger partial charge in [0.1, 0.15) is 12.1 Å². The molecule has 3 rings (SSSR count). The van der Waals surface area contributed by atoms with Gasteiger partial charge in [-0.15, -0.1) is 0 Å². The third-order valence-corrected chi connectivity index (χ3v) is 4.63. The Bertz CT molecular complexity index is 811. The molecule has 1 aromatic carbocycles. The van der Waals surface area contributed by atoms with Gasteiger partial charge in [-0.1, -0.05) is 19.1 Å². The van der Waals surface area contributed by atoms with Crippen molar-refractivity contribution in [1.82, 2.24) is 14.9 Å². The third-order valence-electron chi connectivity index (χ3n) is 4.63. The number of rotatable bonds is 3. The number of hydrogen-bond donors (Lipinski definition) is 1. The summed E-state index contributed by atoms with van der Waals surface area (Å²) in [5.41, 5.74) is -0.0376. The quantitative estimate of drug-likeness (QED) is 0.870. The van der Waals surface area contributed by atoms with Crippen LogP contribution in [0.3, 0.4) is 0 Å². The van der Waals surface area contributed by atoms with Crippen molar-refractivity contribution in [3.05, 3.63) is 47.8 Å². The molecule has 0 saturated carbocycles. The fourth-order valence-electron chi connectivity index (χ4n) is 3.25. The minimum absolute atomic E-state index is 0.118. The van der Waals surface area contributed by atoms with Crippen LogP contribution in [-0.4, -0.2) is 34.6 Å². The maximum Gasteiger partial charge on any atom is 0.416 e. The molecule has 1 fully saturated rings. The van der Waals surface area contributed by atoms with Gasteiger partial charge in [-0.2, -0.15) is 13.2 Å². The van der Waals surface area contributed by atoms with Crippen molar-refractivity contribution in [2.75, 3.05) is 19.0 Å². The van der Waals surface area contributed by atoms with E-state index < -0.39 is 11.7 Å². The fraction of sp³-hybridized carbons (Fsp3) is 0.389. The van der Waals surface area contributed by atoms with E-state index in [-0.39, 0.29) is 23.8 Å². The number of benzene rings is 1. The molecule has 2 atom stereocenters. The number of likely N-dealkylation sites (tertiary alicyclic amines) is 1. The summed E-state index contributed by atoms with van der Waals surface area (Å²) in [6.07, 6.45) is -2.36. The predicted octanol–water partition coefficient (Wildman–Crippen LogP) is 4.12. The highest BCUT2D eigenvalue weighted by Crippen LogP contribution is 2.38. The number of halogens is 3. The lowest BCUT2D eigenvalue weighted by Crippen LogP contribution is -2.35. The number of carbonyl (C=O) groups is 1. The number of aromatic nitrogens is 2.